The zero-order valence-corrected chi connectivity index (χ0v) is 18.2. The fraction of sp³-hybridized carbons (Fsp3) is 0.476. The third kappa shape index (κ3) is 4.04. The number of nitrogens with zero attached hydrogens (tertiary/aromatic N) is 2. The number of carbonyl (C=O) groups excluding carboxylic acids is 3. The van der Waals surface area contributed by atoms with Crippen LogP contribution in [-0.4, -0.2) is 46.3 Å². The molecule has 2 heterocycles. The third-order valence-electron chi connectivity index (χ3n) is 4.95. The molecule has 0 saturated heterocycles. The second-order valence-corrected chi connectivity index (χ2v) is 7.68. The second kappa shape index (κ2) is 9.19. The summed E-state index contributed by atoms with van der Waals surface area (Å²) in [6.45, 7) is 9.78. The van der Waals surface area contributed by atoms with Crippen molar-refractivity contribution in [2.24, 2.45) is 7.05 Å². The van der Waals surface area contributed by atoms with Crippen molar-refractivity contribution in [3.63, 3.8) is 0 Å². The predicted molar refractivity (Wildman–Crippen MR) is 110 cm³/mol. The van der Waals surface area contributed by atoms with E-state index in [0.29, 0.717) is 33.9 Å². The molecule has 0 fully saturated rings. The van der Waals surface area contributed by atoms with Crippen molar-refractivity contribution in [3.05, 3.63) is 44.9 Å². The molecule has 1 amide bonds. The molecule has 0 N–H and O–H groups in total. The van der Waals surface area contributed by atoms with E-state index in [1.807, 2.05) is 18.4 Å². The molecule has 1 unspecified atom stereocenters. The van der Waals surface area contributed by atoms with Gasteiger partial charge in [0.15, 0.2) is 5.78 Å². The summed E-state index contributed by atoms with van der Waals surface area (Å²) in [4.78, 5) is 40.8. The van der Waals surface area contributed by atoms with E-state index in [9.17, 15) is 14.4 Å². The summed E-state index contributed by atoms with van der Waals surface area (Å²) in [5, 5.41) is 1.85. The van der Waals surface area contributed by atoms with Crippen molar-refractivity contribution in [2.75, 3.05) is 13.2 Å². The Kier molecular flexibility index (Phi) is 7.18. The fourth-order valence-corrected chi connectivity index (χ4v) is 4.11. The van der Waals surface area contributed by atoms with Crippen LogP contribution in [0.25, 0.3) is 0 Å². The largest absolute Gasteiger partial charge is 0.461 e. The number of rotatable bonds is 8. The summed E-state index contributed by atoms with van der Waals surface area (Å²) in [7, 11) is 1.75. The summed E-state index contributed by atoms with van der Waals surface area (Å²) >= 11 is 1.36. The highest BCUT2D eigenvalue weighted by Crippen LogP contribution is 2.25. The van der Waals surface area contributed by atoms with Gasteiger partial charge in [-0.15, -0.1) is 11.3 Å². The molecule has 1 atom stereocenters. The molecule has 0 aromatic carbocycles. The molecule has 2 rings (SSSR count). The maximum Gasteiger partial charge on any atom is 0.355 e. The van der Waals surface area contributed by atoms with Gasteiger partial charge in [0.25, 0.3) is 5.91 Å². The maximum atomic E-state index is 13.4. The van der Waals surface area contributed by atoms with Crippen LogP contribution in [0.4, 0.5) is 0 Å². The first-order valence-corrected chi connectivity index (χ1v) is 10.4. The van der Waals surface area contributed by atoms with Crippen molar-refractivity contribution in [1.29, 1.82) is 0 Å². The summed E-state index contributed by atoms with van der Waals surface area (Å²) in [6.07, 6.45) is 0.746. The molecule has 0 aliphatic heterocycles. The summed E-state index contributed by atoms with van der Waals surface area (Å²) in [5.41, 5.74) is 2.15. The highest BCUT2D eigenvalue weighted by atomic mass is 32.1. The van der Waals surface area contributed by atoms with Crippen LogP contribution in [0.15, 0.2) is 17.5 Å². The molecule has 152 valence electrons. The van der Waals surface area contributed by atoms with Gasteiger partial charge in [0.05, 0.1) is 17.5 Å². The zero-order chi connectivity index (χ0) is 21.0. The maximum absolute atomic E-state index is 13.4. The highest BCUT2D eigenvalue weighted by molar-refractivity contribution is 7.12. The first-order chi connectivity index (χ1) is 13.3. The van der Waals surface area contributed by atoms with Crippen LogP contribution in [0.5, 0.6) is 0 Å². The van der Waals surface area contributed by atoms with Crippen LogP contribution in [0.2, 0.25) is 0 Å². The Balaban J connectivity index is 2.42. The zero-order valence-electron chi connectivity index (χ0n) is 17.4. The number of ketones is 1. The average Bonchev–Trinajstić information content (AvgIpc) is 3.26. The molecule has 2 aromatic heterocycles. The van der Waals surface area contributed by atoms with Crippen molar-refractivity contribution < 1.29 is 19.1 Å². The Labute approximate surface area is 170 Å². The summed E-state index contributed by atoms with van der Waals surface area (Å²) < 4.78 is 6.83. The van der Waals surface area contributed by atoms with Gasteiger partial charge in [0, 0.05) is 24.8 Å². The quantitative estimate of drug-likeness (QED) is 0.493. The molecule has 0 aliphatic rings. The number of Topliss-reactive ketones (excluding diaryl/α,β-unsaturated/α-hetero) is 1. The van der Waals surface area contributed by atoms with E-state index in [0.717, 1.165) is 6.42 Å². The van der Waals surface area contributed by atoms with Crippen LogP contribution in [0.1, 0.15) is 69.0 Å². The first kappa shape index (κ1) is 21.9. The van der Waals surface area contributed by atoms with Crippen LogP contribution in [-0.2, 0) is 11.8 Å². The van der Waals surface area contributed by atoms with Crippen molar-refractivity contribution in [1.82, 2.24) is 9.47 Å². The molecule has 7 heteroatoms. The number of hydrogen-bond acceptors (Lipinski definition) is 5. The molecular weight excluding hydrogens is 376 g/mol. The summed E-state index contributed by atoms with van der Waals surface area (Å²) in [6, 6.07) is 2.96. The van der Waals surface area contributed by atoms with Gasteiger partial charge in [-0.3, -0.25) is 9.59 Å². The highest BCUT2D eigenvalue weighted by Gasteiger charge is 2.32. The second-order valence-electron chi connectivity index (χ2n) is 6.73. The van der Waals surface area contributed by atoms with Crippen molar-refractivity contribution in [3.8, 4) is 0 Å². The lowest BCUT2D eigenvalue weighted by atomic mass is 9.99. The van der Waals surface area contributed by atoms with Gasteiger partial charge >= 0.3 is 5.97 Å². The standard InChI is InChI=1S/C21H28N2O4S/c1-7-11-23(20(25)16-10-9-12-28-16)15(5)19(24)17-13(3)18(21(26)27-8-2)22(6)14(17)4/h9-10,12,15H,7-8,11H2,1-6H3. The molecule has 0 aliphatic carbocycles. The van der Waals surface area contributed by atoms with Crippen LogP contribution in [0, 0.1) is 13.8 Å². The Bertz CT molecular complexity index is 868. The SMILES string of the molecule is CCCN(C(=O)c1cccs1)C(C)C(=O)c1c(C)c(C(=O)OCC)n(C)c1C. The van der Waals surface area contributed by atoms with Gasteiger partial charge < -0.3 is 14.2 Å². The smallest absolute Gasteiger partial charge is 0.355 e. The number of aromatic nitrogens is 1. The Morgan fingerprint density at radius 3 is 2.46 bits per heavy atom. The van der Waals surface area contributed by atoms with Crippen molar-refractivity contribution >= 4 is 29.0 Å². The van der Waals surface area contributed by atoms with E-state index in [1.165, 1.54) is 11.3 Å². The molecule has 0 radical (unpaired) electrons. The van der Waals surface area contributed by atoms with Gasteiger partial charge in [0.1, 0.15) is 5.69 Å². The normalized spacial score (nSPS) is 11.9. The molecule has 6 nitrogen and oxygen atoms in total. The fourth-order valence-electron chi connectivity index (χ4n) is 3.43. The topological polar surface area (TPSA) is 68.6 Å². The van der Waals surface area contributed by atoms with E-state index >= 15 is 0 Å². The molecule has 2 aromatic rings. The predicted octanol–water partition coefficient (Wildman–Crippen LogP) is 4.00. The Hall–Kier alpha value is -2.41. The Morgan fingerprint density at radius 1 is 1.25 bits per heavy atom. The van der Waals surface area contributed by atoms with Gasteiger partial charge in [-0.1, -0.05) is 13.0 Å². The van der Waals surface area contributed by atoms with Gasteiger partial charge in [0.2, 0.25) is 0 Å². The number of carbonyl (C=O) groups is 3. The molecule has 0 saturated carbocycles. The van der Waals surface area contributed by atoms with Crippen molar-refractivity contribution in [2.45, 2.75) is 47.1 Å². The van der Waals surface area contributed by atoms with Crippen LogP contribution < -0.4 is 0 Å². The molecule has 0 bridgehead atoms. The Morgan fingerprint density at radius 2 is 1.93 bits per heavy atom. The number of thiophene rings is 1. The van der Waals surface area contributed by atoms with Gasteiger partial charge in [-0.2, -0.15) is 0 Å². The molecule has 0 spiro atoms. The van der Waals surface area contributed by atoms with E-state index in [-0.39, 0.29) is 18.3 Å². The minimum absolute atomic E-state index is 0.144. The monoisotopic (exact) mass is 404 g/mol. The third-order valence-corrected chi connectivity index (χ3v) is 5.81. The van der Waals surface area contributed by atoms with E-state index in [4.69, 9.17) is 4.74 Å². The van der Waals surface area contributed by atoms with Crippen LogP contribution in [0.3, 0.4) is 0 Å². The van der Waals surface area contributed by atoms with E-state index in [2.05, 4.69) is 0 Å². The number of ether oxygens (including phenoxy) is 1. The van der Waals surface area contributed by atoms with Crippen LogP contribution >= 0.6 is 11.3 Å². The lowest BCUT2D eigenvalue weighted by molar-refractivity contribution is 0.0513. The van der Waals surface area contributed by atoms with E-state index in [1.54, 1.807) is 50.3 Å². The van der Waals surface area contributed by atoms with Gasteiger partial charge in [-0.25, -0.2) is 4.79 Å². The van der Waals surface area contributed by atoms with Gasteiger partial charge in [-0.05, 0) is 51.1 Å². The minimum Gasteiger partial charge on any atom is -0.461 e. The first-order valence-electron chi connectivity index (χ1n) is 9.47. The molecule has 28 heavy (non-hydrogen) atoms. The number of hydrogen-bond donors (Lipinski definition) is 0. The lowest BCUT2D eigenvalue weighted by Crippen LogP contribution is -2.43. The number of amides is 1. The average molecular weight is 405 g/mol. The minimum atomic E-state index is -0.635. The molecular formula is C21H28N2O4S. The summed E-state index contributed by atoms with van der Waals surface area (Å²) in [5.74, 6) is -0.758. The number of esters is 1. The lowest BCUT2D eigenvalue weighted by Gasteiger charge is -2.28. The van der Waals surface area contributed by atoms with E-state index < -0.39 is 12.0 Å².